The minimum absolute atomic E-state index is 0.697. The monoisotopic (exact) mass is 296 g/mol. The van der Waals surface area contributed by atoms with E-state index in [1.54, 1.807) is 20.4 Å². The molecule has 0 unspecified atom stereocenters. The van der Waals surface area contributed by atoms with Gasteiger partial charge in [0.15, 0.2) is 4.73 Å². The number of hydrogen-bond acceptors (Lipinski definition) is 3. The summed E-state index contributed by atoms with van der Waals surface area (Å²) in [5, 5.41) is 0. The van der Waals surface area contributed by atoms with Crippen LogP contribution in [-0.2, 0) is 0 Å². The summed E-state index contributed by atoms with van der Waals surface area (Å²) in [5.41, 5.74) is 2.83. The van der Waals surface area contributed by atoms with Crippen LogP contribution in [0.2, 0.25) is 0 Å². The zero-order valence-electron chi connectivity index (χ0n) is 9.87. The molecule has 0 aliphatic rings. The molecule has 1 N–H and O–H groups in total. The second kappa shape index (κ2) is 4.79. The average Bonchev–Trinajstić information content (AvgIpc) is 2.75. The molecule has 2 aromatic rings. The van der Waals surface area contributed by atoms with Crippen molar-refractivity contribution in [2.75, 3.05) is 14.2 Å². The number of aromatic nitrogens is 2. The van der Waals surface area contributed by atoms with E-state index < -0.39 is 0 Å². The van der Waals surface area contributed by atoms with Crippen molar-refractivity contribution in [2.45, 2.75) is 6.92 Å². The Labute approximate surface area is 108 Å². The molecule has 0 spiro atoms. The first-order valence-electron chi connectivity index (χ1n) is 5.09. The summed E-state index contributed by atoms with van der Waals surface area (Å²) in [6.45, 7) is 1.96. The Morgan fingerprint density at radius 3 is 2.53 bits per heavy atom. The van der Waals surface area contributed by atoms with Gasteiger partial charge in [-0.25, -0.2) is 4.98 Å². The molecule has 0 bridgehead atoms. The number of rotatable bonds is 3. The van der Waals surface area contributed by atoms with E-state index in [1.807, 2.05) is 19.1 Å². The second-order valence-electron chi connectivity index (χ2n) is 3.56. The predicted octanol–water partition coefficient (Wildman–Crippen LogP) is 3.16. The van der Waals surface area contributed by atoms with Gasteiger partial charge in [0.1, 0.15) is 11.5 Å². The van der Waals surface area contributed by atoms with Gasteiger partial charge >= 0.3 is 0 Å². The lowest BCUT2D eigenvalue weighted by molar-refractivity contribution is 0.390. The highest BCUT2D eigenvalue weighted by atomic mass is 79.9. The molecule has 4 nitrogen and oxygen atoms in total. The van der Waals surface area contributed by atoms with E-state index in [2.05, 4.69) is 25.9 Å². The van der Waals surface area contributed by atoms with Crippen LogP contribution in [0.1, 0.15) is 5.56 Å². The Morgan fingerprint density at radius 2 is 2.00 bits per heavy atom. The maximum absolute atomic E-state index is 5.44. The van der Waals surface area contributed by atoms with Gasteiger partial charge in [0.25, 0.3) is 0 Å². The fourth-order valence-electron chi connectivity index (χ4n) is 1.80. The Balaban J connectivity index is 2.58. The zero-order chi connectivity index (χ0) is 12.4. The first-order valence-corrected chi connectivity index (χ1v) is 5.89. The molecule has 0 saturated heterocycles. The minimum Gasteiger partial charge on any atom is -0.496 e. The molecule has 90 valence electrons. The first kappa shape index (κ1) is 12.0. The van der Waals surface area contributed by atoms with Gasteiger partial charge in [-0.2, -0.15) is 0 Å². The van der Waals surface area contributed by atoms with Crippen LogP contribution in [0.3, 0.4) is 0 Å². The van der Waals surface area contributed by atoms with Crippen molar-refractivity contribution >= 4 is 15.9 Å². The van der Waals surface area contributed by atoms with Gasteiger partial charge < -0.3 is 14.5 Å². The molecular weight excluding hydrogens is 284 g/mol. The van der Waals surface area contributed by atoms with Crippen LogP contribution in [0.25, 0.3) is 11.3 Å². The molecule has 1 aromatic heterocycles. The number of methoxy groups -OCH3 is 2. The summed E-state index contributed by atoms with van der Waals surface area (Å²) < 4.78 is 11.4. The predicted molar refractivity (Wildman–Crippen MR) is 69.6 cm³/mol. The molecule has 1 heterocycles. The van der Waals surface area contributed by atoms with Gasteiger partial charge in [-0.15, -0.1) is 0 Å². The summed E-state index contributed by atoms with van der Waals surface area (Å²) in [7, 11) is 3.30. The molecule has 0 amide bonds. The van der Waals surface area contributed by atoms with E-state index in [0.29, 0.717) is 4.73 Å². The lowest BCUT2D eigenvalue weighted by Gasteiger charge is -2.13. The van der Waals surface area contributed by atoms with Crippen LogP contribution in [0, 0.1) is 6.92 Å². The summed E-state index contributed by atoms with van der Waals surface area (Å²) in [4.78, 5) is 7.23. The number of halogens is 1. The van der Waals surface area contributed by atoms with Crippen molar-refractivity contribution in [3.05, 3.63) is 28.6 Å². The highest BCUT2D eigenvalue weighted by Crippen LogP contribution is 2.37. The van der Waals surface area contributed by atoms with E-state index in [0.717, 1.165) is 28.3 Å². The number of nitrogens with one attached hydrogen (secondary N) is 1. The van der Waals surface area contributed by atoms with E-state index in [-0.39, 0.29) is 0 Å². The van der Waals surface area contributed by atoms with Crippen LogP contribution >= 0.6 is 15.9 Å². The summed E-state index contributed by atoms with van der Waals surface area (Å²) in [6.07, 6.45) is 1.76. The third-order valence-corrected chi connectivity index (χ3v) is 3.02. The first-order chi connectivity index (χ1) is 8.17. The Bertz CT molecular complexity index is 537. The van der Waals surface area contributed by atoms with Gasteiger partial charge in [-0.3, -0.25) is 0 Å². The molecular formula is C12H13BrN2O2. The SMILES string of the molecule is COc1ccc(-c2cnc(Br)[nH]2)c(OC)c1C. The van der Waals surface area contributed by atoms with Crippen LogP contribution in [0.5, 0.6) is 11.5 Å². The normalized spacial score (nSPS) is 10.4. The Hall–Kier alpha value is -1.49. The number of hydrogen-bond donors (Lipinski definition) is 1. The standard InChI is InChI=1S/C12H13BrN2O2/c1-7-10(16-2)5-4-8(11(7)17-3)9-6-14-12(13)15-9/h4-6H,1-3H3,(H,14,15). The molecule has 1 aromatic carbocycles. The largest absolute Gasteiger partial charge is 0.496 e. The number of ether oxygens (including phenoxy) is 2. The third kappa shape index (κ3) is 2.15. The molecule has 0 atom stereocenters. The minimum atomic E-state index is 0.697. The van der Waals surface area contributed by atoms with E-state index in [4.69, 9.17) is 9.47 Å². The van der Waals surface area contributed by atoms with Crippen molar-refractivity contribution in [1.29, 1.82) is 0 Å². The van der Waals surface area contributed by atoms with Gasteiger partial charge in [-0.1, -0.05) is 0 Å². The molecule has 5 heteroatoms. The van der Waals surface area contributed by atoms with Gasteiger partial charge in [0.05, 0.1) is 26.1 Å². The van der Waals surface area contributed by atoms with E-state index >= 15 is 0 Å². The lowest BCUT2D eigenvalue weighted by Crippen LogP contribution is -1.95. The van der Waals surface area contributed by atoms with Crippen molar-refractivity contribution in [1.82, 2.24) is 9.97 Å². The fraction of sp³-hybridized carbons (Fsp3) is 0.250. The van der Waals surface area contributed by atoms with Crippen LogP contribution in [0.4, 0.5) is 0 Å². The number of benzene rings is 1. The maximum atomic E-state index is 5.44. The molecule has 0 aliphatic carbocycles. The van der Waals surface area contributed by atoms with Crippen LogP contribution in [0.15, 0.2) is 23.1 Å². The fourth-order valence-corrected chi connectivity index (χ4v) is 2.12. The van der Waals surface area contributed by atoms with Crippen LogP contribution in [-0.4, -0.2) is 24.2 Å². The quantitative estimate of drug-likeness (QED) is 0.946. The molecule has 0 fully saturated rings. The van der Waals surface area contributed by atoms with Crippen molar-refractivity contribution in [2.24, 2.45) is 0 Å². The maximum Gasteiger partial charge on any atom is 0.174 e. The molecule has 17 heavy (non-hydrogen) atoms. The van der Waals surface area contributed by atoms with Crippen molar-refractivity contribution in [3.8, 4) is 22.8 Å². The molecule has 0 saturated carbocycles. The van der Waals surface area contributed by atoms with Gasteiger partial charge in [0, 0.05) is 11.1 Å². The van der Waals surface area contributed by atoms with Gasteiger partial charge in [-0.05, 0) is 35.0 Å². The summed E-state index contributed by atoms with van der Waals surface area (Å²) in [5.74, 6) is 1.60. The Kier molecular flexibility index (Phi) is 3.38. The zero-order valence-corrected chi connectivity index (χ0v) is 11.5. The summed E-state index contributed by atoms with van der Waals surface area (Å²) in [6, 6.07) is 3.87. The highest BCUT2D eigenvalue weighted by molar-refractivity contribution is 9.10. The number of H-pyrrole nitrogens is 1. The summed E-state index contributed by atoms with van der Waals surface area (Å²) >= 11 is 3.29. The Morgan fingerprint density at radius 1 is 1.24 bits per heavy atom. The molecule has 0 aliphatic heterocycles. The lowest BCUT2D eigenvalue weighted by atomic mass is 10.1. The molecule has 0 radical (unpaired) electrons. The second-order valence-corrected chi connectivity index (χ2v) is 4.31. The van der Waals surface area contributed by atoms with Crippen LogP contribution < -0.4 is 9.47 Å². The average molecular weight is 297 g/mol. The highest BCUT2D eigenvalue weighted by Gasteiger charge is 2.14. The van der Waals surface area contributed by atoms with E-state index in [9.17, 15) is 0 Å². The third-order valence-electron chi connectivity index (χ3n) is 2.62. The van der Waals surface area contributed by atoms with Gasteiger partial charge in [0.2, 0.25) is 0 Å². The van der Waals surface area contributed by atoms with Crippen molar-refractivity contribution in [3.63, 3.8) is 0 Å². The smallest absolute Gasteiger partial charge is 0.174 e. The molecule has 2 rings (SSSR count). The topological polar surface area (TPSA) is 47.1 Å². The number of aromatic amines is 1. The number of nitrogens with zero attached hydrogens (tertiary/aromatic N) is 1. The van der Waals surface area contributed by atoms with Crippen molar-refractivity contribution < 1.29 is 9.47 Å². The number of imidazole rings is 1. The van der Waals surface area contributed by atoms with E-state index in [1.165, 1.54) is 0 Å².